The number of hydrogen-bond acceptors (Lipinski definition) is 5. The van der Waals surface area contributed by atoms with Crippen molar-refractivity contribution >= 4 is 32.7 Å². The number of nitrogens with zero attached hydrogens (tertiary/aromatic N) is 2. The SMILES string of the molecule is CCC1CCN(C(=O)C(CCCN=C(N)N)NS(=O)(=O)c2ccc3cc(OC(C)C)ccc3c2)CC1. The van der Waals surface area contributed by atoms with Gasteiger partial charge in [-0.25, -0.2) is 8.42 Å². The van der Waals surface area contributed by atoms with Crippen molar-refractivity contribution in [3.63, 3.8) is 0 Å². The van der Waals surface area contributed by atoms with Crippen molar-refractivity contribution < 1.29 is 17.9 Å². The standard InChI is InChI=1S/C26H39N5O4S/c1-4-19-11-14-31(15-12-19)25(32)24(6-5-13-29-26(27)28)30-36(33,34)23-10-8-20-16-22(35-18(2)3)9-7-21(20)17-23/h7-10,16-19,24,30H,4-6,11-15H2,1-3H3,(H4,27,28,29). The summed E-state index contributed by atoms with van der Waals surface area (Å²) in [4.78, 5) is 19.2. The lowest BCUT2D eigenvalue weighted by atomic mass is 9.94. The smallest absolute Gasteiger partial charge is 0.241 e. The molecule has 198 valence electrons. The second-order valence-corrected chi connectivity index (χ2v) is 11.4. The summed E-state index contributed by atoms with van der Waals surface area (Å²) in [6, 6.07) is 9.57. The molecule has 2 aromatic rings. The average Bonchev–Trinajstić information content (AvgIpc) is 2.84. The number of rotatable bonds is 11. The number of aliphatic imine (C=N–C) groups is 1. The van der Waals surface area contributed by atoms with Crippen molar-refractivity contribution in [3.8, 4) is 5.75 Å². The molecule has 1 fully saturated rings. The molecule has 1 saturated heterocycles. The van der Waals surface area contributed by atoms with Crippen LogP contribution >= 0.6 is 0 Å². The predicted octanol–water partition coefficient (Wildman–Crippen LogP) is 2.98. The van der Waals surface area contributed by atoms with Crippen molar-refractivity contribution in [2.24, 2.45) is 22.4 Å². The molecule has 1 amide bonds. The Balaban J connectivity index is 1.79. The molecule has 1 aliphatic heterocycles. The molecule has 0 aromatic heterocycles. The van der Waals surface area contributed by atoms with Gasteiger partial charge in [-0.15, -0.1) is 0 Å². The van der Waals surface area contributed by atoms with Gasteiger partial charge in [0.15, 0.2) is 5.96 Å². The Morgan fingerprint density at radius 1 is 1.14 bits per heavy atom. The Kier molecular flexibility index (Phi) is 9.56. The van der Waals surface area contributed by atoms with Crippen molar-refractivity contribution in [2.75, 3.05) is 19.6 Å². The van der Waals surface area contributed by atoms with E-state index in [0.717, 1.165) is 35.8 Å². The number of carbonyl (C=O) groups excluding carboxylic acids is 1. The molecule has 0 spiro atoms. The third kappa shape index (κ3) is 7.57. The van der Waals surface area contributed by atoms with Crippen LogP contribution in [0.3, 0.4) is 0 Å². The van der Waals surface area contributed by atoms with Gasteiger partial charge in [-0.3, -0.25) is 9.79 Å². The van der Waals surface area contributed by atoms with Crippen molar-refractivity contribution in [1.82, 2.24) is 9.62 Å². The summed E-state index contributed by atoms with van der Waals surface area (Å²) in [6.07, 6.45) is 3.76. The summed E-state index contributed by atoms with van der Waals surface area (Å²) in [7, 11) is -3.95. The zero-order valence-electron chi connectivity index (χ0n) is 21.4. The first kappa shape index (κ1) is 27.7. The van der Waals surface area contributed by atoms with E-state index in [-0.39, 0.29) is 22.9 Å². The molecule has 0 radical (unpaired) electrons. The number of sulfonamides is 1. The molecule has 10 heteroatoms. The average molecular weight is 518 g/mol. The lowest BCUT2D eigenvalue weighted by Crippen LogP contribution is -2.50. The maximum absolute atomic E-state index is 13.4. The van der Waals surface area contributed by atoms with Gasteiger partial charge in [0.2, 0.25) is 15.9 Å². The van der Waals surface area contributed by atoms with Crippen LogP contribution in [0.4, 0.5) is 0 Å². The van der Waals surface area contributed by atoms with E-state index in [0.29, 0.717) is 38.4 Å². The van der Waals surface area contributed by atoms with Crippen LogP contribution in [0.1, 0.15) is 52.9 Å². The molecular weight excluding hydrogens is 478 g/mol. The van der Waals surface area contributed by atoms with Gasteiger partial charge in [0, 0.05) is 19.6 Å². The van der Waals surface area contributed by atoms with Crippen molar-refractivity contribution in [1.29, 1.82) is 0 Å². The number of ether oxygens (including phenoxy) is 1. The minimum Gasteiger partial charge on any atom is -0.491 e. The van der Waals surface area contributed by atoms with E-state index >= 15 is 0 Å². The number of nitrogens with one attached hydrogen (secondary N) is 1. The fourth-order valence-electron chi connectivity index (χ4n) is 4.49. The first-order chi connectivity index (χ1) is 17.1. The highest BCUT2D eigenvalue weighted by Crippen LogP contribution is 2.25. The van der Waals surface area contributed by atoms with E-state index < -0.39 is 16.1 Å². The second-order valence-electron chi connectivity index (χ2n) is 9.64. The minimum absolute atomic E-state index is 0.0294. The quantitative estimate of drug-likeness (QED) is 0.238. The largest absolute Gasteiger partial charge is 0.491 e. The van der Waals surface area contributed by atoms with Crippen LogP contribution in [0.5, 0.6) is 5.75 Å². The van der Waals surface area contributed by atoms with Crippen LogP contribution in [-0.2, 0) is 14.8 Å². The highest BCUT2D eigenvalue weighted by Gasteiger charge is 2.31. The van der Waals surface area contributed by atoms with Crippen LogP contribution in [-0.4, -0.2) is 57.0 Å². The van der Waals surface area contributed by atoms with Crippen molar-refractivity contribution in [3.05, 3.63) is 36.4 Å². The predicted molar refractivity (Wildman–Crippen MR) is 143 cm³/mol. The highest BCUT2D eigenvalue weighted by molar-refractivity contribution is 7.89. The molecule has 1 heterocycles. The second kappa shape index (κ2) is 12.4. The number of likely N-dealkylation sites (tertiary alicyclic amines) is 1. The summed E-state index contributed by atoms with van der Waals surface area (Å²) < 4.78 is 35.1. The van der Waals surface area contributed by atoms with E-state index in [4.69, 9.17) is 16.2 Å². The molecule has 9 nitrogen and oxygen atoms in total. The van der Waals surface area contributed by atoms with Crippen molar-refractivity contribution in [2.45, 2.75) is 69.9 Å². The molecule has 0 saturated carbocycles. The Bertz CT molecular complexity index is 1170. The fraction of sp³-hybridized carbons (Fsp3) is 0.538. The zero-order valence-corrected chi connectivity index (χ0v) is 22.3. The van der Waals surface area contributed by atoms with Gasteiger partial charge in [0.25, 0.3) is 0 Å². The summed E-state index contributed by atoms with van der Waals surface area (Å²) >= 11 is 0. The number of guanidine groups is 1. The number of benzene rings is 2. The molecule has 0 bridgehead atoms. The van der Waals surface area contributed by atoms with Gasteiger partial charge in [-0.05, 0) is 80.5 Å². The van der Waals surface area contributed by atoms with Gasteiger partial charge in [0.05, 0.1) is 11.0 Å². The van der Waals surface area contributed by atoms with E-state index in [9.17, 15) is 13.2 Å². The zero-order chi connectivity index (χ0) is 26.3. The number of fused-ring (bicyclic) bond motifs is 1. The number of hydrogen-bond donors (Lipinski definition) is 3. The Morgan fingerprint density at radius 2 is 1.81 bits per heavy atom. The maximum atomic E-state index is 13.4. The van der Waals surface area contributed by atoms with E-state index in [1.807, 2.05) is 32.0 Å². The lowest BCUT2D eigenvalue weighted by Gasteiger charge is -2.34. The summed E-state index contributed by atoms with van der Waals surface area (Å²) in [5, 5.41) is 1.64. The number of nitrogens with two attached hydrogens (primary N) is 2. The summed E-state index contributed by atoms with van der Waals surface area (Å²) in [6.45, 7) is 7.66. The molecule has 1 aliphatic rings. The molecular formula is C26H39N5O4S. The monoisotopic (exact) mass is 517 g/mol. The third-order valence-corrected chi connectivity index (χ3v) is 7.98. The minimum atomic E-state index is -3.95. The Labute approximate surface area is 214 Å². The van der Waals surface area contributed by atoms with E-state index in [2.05, 4.69) is 16.6 Å². The molecule has 0 aliphatic carbocycles. The van der Waals surface area contributed by atoms with E-state index in [1.54, 1.807) is 23.1 Å². The molecule has 1 unspecified atom stereocenters. The summed E-state index contributed by atoms with van der Waals surface area (Å²) in [5.74, 6) is 1.10. The van der Waals surface area contributed by atoms with Crippen LogP contribution in [0, 0.1) is 5.92 Å². The van der Waals surface area contributed by atoms with Crippen LogP contribution in [0.25, 0.3) is 10.8 Å². The van der Waals surface area contributed by atoms with Crippen LogP contribution in [0.15, 0.2) is 46.3 Å². The van der Waals surface area contributed by atoms with Gasteiger partial charge in [0.1, 0.15) is 11.8 Å². The van der Waals surface area contributed by atoms with Gasteiger partial charge < -0.3 is 21.1 Å². The Hall–Kier alpha value is -2.85. The van der Waals surface area contributed by atoms with Gasteiger partial charge in [-0.2, -0.15) is 4.72 Å². The van der Waals surface area contributed by atoms with Gasteiger partial charge >= 0.3 is 0 Å². The molecule has 5 N–H and O–H groups in total. The first-order valence-corrected chi connectivity index (χ1v) is 14.1. The highest BCUT2D eigenvalue weighted by atomic mass is 32.2. The maximum Gasteiger partial charge on any atom is 0.241 e. The molecule has 36 heavy (non-hydrogen) atoms. The first-order valence-electron chi connectivity index (χ1n) is 12.7. The normalized spacial score (nSPS) is 15.7. The topological polar surface area (TPSA) is 140 Å². The lowest BCUT2D eigenvalue weighted by molar-refractivity contribution is -0.134. The van der Waals surface area contributed by atoms with Crippen LogP contribution < -0.4 is 20.9 Å². The molecule has 3 rings (SSSR count). The Morgan fingerprint density at radius 3 is 2.44 bits per heavy atom. The molecule has 2 aromatic carbocycles. The van der Waals surface area contributed by atoms with E-state index in [1.165, 1.54) is 0 Å². The number of amides is 1. The fourth-order valence-corrected chi connectivity index (χ4v) is 5.75. The van der Waals surface area contributed by atoms with Crippen LogP contribution in [0.2, 0.25) is 0 Å². The third-order valence-electron chi connectivity index (χ3n) is 6.51. The summed E-state index contributed by atoms with van der Waals surface area (Å²) in [5.41, 5.74) is 10.8. The van der Waals surface area contributed by atoms with Gasteiger partial charge in [-0.1, -0.05) is 25.5 Å². The number of carbonyl (C=O) groups is 1. The molecule has 1 atom stereocenters. The number of piperidine rings is 1.